The Labute approximate surface area is 109 Å². The number of nitrogens with zero attached hydrogens (tertiary/aromatic N) is 1. The number of rotatable bonds is 4. The predicted molar refractivity (Wildman–Crippen MR) is 73.3 cm³/mol. The number of amides is 1. The van der Waals surface area contributed by atoms with Crippen molar-refractivity contribution < 1.29 is 4.79 Å². The summed E-state index contributed by atoms with van der Waals surface area (Å²) in [5.41, 5.74) is 7.40. The molecule has 0 aromatic heterocycles. The fourth-order valence-corrected chi connectivity index (χ4v) is 2.42. The van der Waals surface area contributed by atoms with Crippen molar-refractivity contribution in [3.8, 4) is 0 Å². The molecule has 2 N–H and O–H groups in total. The summed E-state index contributed by atoms with van der Waals surface area (Å²) in [6.45, 7) is 4.69. The fraction of sp³-hybridized carbons (Fsp3) is 0.533. The van der Waals surface area contributed by atoms with E-state index in [-0.39, 0.29) is 11.9 Å². The van der Waals surface area contributed by atoms with Gasteiger partial charge in [-0.2, -0.15) is 0 Å². The molecule has 0 unspecified atom stereocenters. The molecule has 1 aliphatic carbocycles. The van der Waals surface area contributed by atoms with Crippen molar-refractivity contribution in [2.75, 3.05) is 0 Å². The third-order valence-corrected chi connectivity index (χ3v) is 3.70. The molecule has 1 aliphatic rings. The number of hydrogen-bond donors (Lipinski definition) is 1. The quantitative estimate of drug-likeness (QED) is 0.887. The van der Waals surface area contributed by atoms with Crippen molar-refractivity contribution in [2.24, 2.45) is 5.73 Å². The summed E-state index contributed by atoms with van der Waals surface area (Å²) in [6.07, 6.45) is 3.53. The smallest absolute Gasteiger partial charge is 0.254 e. The first-order chi connectivity index (χ1) is 8.63. The van der Waals surface area contributed by atoms with Gasteiger partial charge in [0.25, 0.3) is 5.91 Å². The second-order valence-electron chi connectivity index (χ2n) is 5.29. The normalized spacial score (nSPS) is 15.6. The third-order valence-electron chi connectivity index (χ3n) is 3.70. The van der Waals surface area contributed by atoms with Crippen molar-refractivity contribution in [3.63, 3.8) is 0 Å². The van der Waals surface area contributed by atoms with Crippen LogP contribution in [0.4, 0.5) is 0 Å². The highest BCUT2D eigenvalue weighted by molar-refractivity contribution is 5.94. The second-order valence-corrected chi connectivity index (χ2v) is 5.29. The van der Waals surface area contributed by atoms with Gasteiger partial charge in [-0.1, -0.05) is 12.1 Å². The predicted octanol–water partition coefficient (Wildman–Crippen LogP) is 2.55. The molecular formula is C15H22N2O. The van der Waals surface area contributed by atoms with E-state index in [2.05, 4.69) is 13.8 Å². The molecule has 98 valence electrons. The molecule has 0 aliphatic heterocycles. The van der Waals surface area contributed by atoms with Gasteiger partial charge >= 0.3 is 0 Å². The van der Waals surface area contributed by atoms with E-state index in [9.17, 15) is 4.79 Å². The van der Waals surface area contributed by atoms with E-state index in [0.29, 0.717) is 12.6 Å². The summed E-state index contributed by atoms with van der Waals surface area (Å²) in [5.74, 6) is 0.151. The van der Waals surface area contributed by atoms with Crippen LogP contribution in [0.5, 0.6) is 0 Å². The Bertz CT molecular complexity index is 407. The summed E-state index contributed by atoms with van der Waals surface area (Å²) in [4.78, 5) is 14.5. The molecule has 0 spiro atoms. The highest BCUT2D eigenvalue weighted by Crippen LogP contribution is 2.28. The number of carbonyl (C=O) groups is 1. The monoisotopic (exact) mass is 246 g/mol. The Morgan fingerprint density at radius 3 is 2.33 bits per heavy atom. The van der Waals surface area contributed by atoms with E-state index in [0.717, 1.165) is 24.0 Å². The number of carbonyl (C=O) groups excluding carboxylic acids is 1. The lowest BCUT2D eigenvalue weighted by Gasteiger charge is -2.40. The number of hydrogen-bond acceptors (Lipinski definition) is 2. The van der Waals surface area contributed by atoms with Crippen molar-refractivity contribution in [1.82, 2.24) is 4.90 Å². The molecule has 0 bridgehead atoms. The van der Waals surface area contributed by atoms with E-state index >= 15 is 0 Å². The van der Waals surface area contributed by atoms with Gasteiger partial charge in [0.2, 0.25) is 0 Å². The van der Waals surface area contributed by atoms with Gasteiger partial charge < -0.3 is 10.6 Å². The van der Waals surface area contributed by atoms with Crippen LogP contribution in [-0.4, -0.2) is 22.9 Å². The fourth-order valence-electron chi connectivity index (χ4n) is 2.42. The average molecular weight is 246 g/mol. The van der Waals surface area contributed by atoms with Gasteiger partial charge in [0.15, 0.2) is 0 Å². The molecule has 1 amide bonds. The van der Waals surface area contributed by atoms with E-state index < -0.39 is 0 Å². The number of benzene rings is 1. The first-order valence-electron chi connectivity index (χ1n) is 6.75. The van der Waals surface area contributed by atoms with Crippen LogP contribution in [-0.2, 0) is 6.54 Å². The molecule has 1 saturated carbocycles. The maximum atomic E-state index is 12.5. The van der Waals surface area contributed by atoms with Gasteiger partial charge in [-0.3, -0.25) is 4.79 Å². The second kappa shape index (κ2) is 5.53. The van der Waals surface area contributed by atoms with Crippen LogP contribution in [0.15, 0.2) is 24.3 Å². The van der Waals surface area contributed by atoms with Crippen molar-refractivity contribution >= 4 is 5.91 Å². The minimum atomic E-state index is 0.151. The third kappa shape index (κ3) is 2.56. The Morgan fingerprint density at radius 2 is 1.94 bits per heavy atom. The lowest BCUT2D eigenvalue weighted by Crippen LogP contribution is -2.48. The maximum absolute atomic E-state index is 12.5. The van der Waals surface area contributed by atoms with Crippen LogP contribution in [0, 0.1) is 0 Å². The molecule has 3 nitrogen and oxygen atoms in total. The Morgan fingerprint density at radius 1 is 1.33 bits per heavy atom. The van der Waals surface area contributed by atoms with Gasteiger partial charge in [-0.05, 0) is 50.8 Å². The van der Waals surface area contributed by atoms with Crippen LogP contribution in [0.2, 0.25) is 0 Å². The average Bonchev–Trinajstić information content (AvgIpc) is 2.32. The zero-order valence-electron chi connectivity index (χ0n) is 11.2. The molecule has 18 heavy (non-hydrogen) atoms. The van der Waals surface area contributed by atoms with Crippen molar-refractivity contribution in [1.29, 1.82) is 0 Å². The van der Waals surface area contributed by atoms with E-state index in [1.807, 2.05) is 29.2 Å². The maximum Gasteiger partial charge on any atom is 0.254 e. The standard InChI is InChI=1S/C15H22N2O/c1-11(2)17(14-4-3-5-14)15(18)13-8-6-12(10-16)7-9-13/h6-9,11,14H,3-5,10,16H2,1-2H3. The van der Waals surface area contributed by atoms with Gasteiger partial charge in [-0.15, -0.1) is 0 Å². The molecule has 0 heterocycles. The zero-order chi connectivity index (χ0) is 13.1. The SMILES string of the molecule is CC(C)N(C(=O)c1ccc(CN)cc1)C1CCC1. The largest absolute Gasteiger partial charge is 0.333 e. The van der Waals surface area contributed by atoms with Crippen LogP contribution in [0.25, 0.3) is 0 Å². The van der Waals surface area contributed by atoms with Crippen LogP contribution < -0.4 is 5.73 Å². The molecule has 0 saturated heterocycles. The molecule has 1 aromatic carbocycles. The summed E-state index contributed by atoms with van der Waals surface area (Å²) in [5, 5.41) is 0. The highest BCUT2D eigenvalue weighted by atomic mass is 16.2. The lowest BCUT2D eigenvalue weighted by atomic mass is 9.90. The molecule has 0 atom stereocenters. The van der Waals surface area contributed by atoms with E-state index in [1.54, 1.807) is 0 Å². The van der Waals surface area contributed by atoms with Crippen molar-refractivity contribution in [2.45, 2.75) is 51.7 Å². The summed E-state index contributed by atoms with van der Waals surface area (Å²) in [6, 6.07) is 8.35. The minimum Gasteiger partial charge on any atom is -0.333 e. The number of nitrogens with two attached hydrogens (primary N) is 1. The Kier molecular flexibility index (Phi) is 4.02. The minimum absolute atomic E-state index is 0.151. The molecule has 1 fully saturated rings. The van der Waals surface area contributed by atoms with Crippen LogP contribution in [0.1, 0.15) is 49.0 Å². The summed E-state index contributed by atoms with van der Waals surface area (Å²) >= 11 is 0. The van der Waals surface area contributed by atoms with E-state index in [4.69, 9.17) is 5.73 Å². The molecular weight excluding hydrogens is 224 g/mol. The van der Waals surface area contributed by atoms with Crippen LogP contribution in [0.3, 0.4) is 0 Å². The topological polar surface area (TPSA) is 46.3 Å². The molecule has 0 radical (unpaired) electrons. The van der Waals surface area contributed by atoms with Gasteiger partial charge in [0.05, 0.1) is 0 Å². The Balaban J connectivity index is 2.16. The Hall–Kier alpha value is -1.35. The van der Waals surface area contributed by atoms with Gasteiger partial charge in [0.1, 0.15) is 0 Å². The lowest BCUT2D eigenvalue weighted by molar-refractivity contribution is 0.0489. The van der Waals surface area contributed by atoms with Gasteiger partial charge in [0, 0.05) is 24.2 Å². The van der Waals surface area contributed by atoms with Gasteiger partial charge in [-0.25, -0.2) is 0 Å². The molecule has 1 aromatic rings. The first-order valence-corrected chi connectivity index (χ1v) is 6.75. The first kappa shape index (κ1) is 13.1. The highest BCUT2D eigenvalue weighted by Gasteiger charge is 2.31. The summed E-state index contributed by atoms with van der Waals surface area (Å²) < 4.78 is 0. The zero-order valence-corrected chi connectivity index (χ0v) is 11.2. The van der Waals surface area contributed by atoms with Crippen molar-refractivity contribution in [3.05, 3.63) is 35.4 Å². The molecule has 2 rings (SSSR count). The van der Waals surface area contributed by atoms with E-state index in [1.165, 1.54) is 6.42 Å². The van der Waals surface area contributed by atoms with Crippen LogP contribution >= 0.6 is 0 Å². The molecule has 3 heteroatoms. The summed E-state index contributed by atoms with van der Waals surface area (Å²) in [7, 11) is 0.